The molecule has 4 N–H and O–H groups in total. The van der Waals surface area contributed by atoms with Crippen LogP contribution in [0.15, 0.2) is 35.1 Å². The molecule has 3 aromatic rings. The highest BCUT2D eigenvalue weighted by molar-refractivity contribution is 6.09. The molecule has 0 saturated carbocycles. The predicted octanol–water partition coefficient (Wildman–Crippen LogP) is 4.06. The van der Waals surface area contributed by atoms with Crippen LogP contribution in [0.2, 0.25) is 0 Å². The molecule has 7 heteroatoms. The molecule has 0 aliphatic heterocycles. The fourth-order valence-electron chi connectivity index (χ4n) is 4.69. The molecule has 7 nitrogen and oxygen atoms in total. The Balaban J connectivity index is 2.19. The van der Waals surface area contributed by atoms with Crippen molar-refractivity contribution >= 4 is 22.5 Å². The quantitative estimate of drug-likeness (QED) is 0.417. The molecule has 3 rings (SSSR count). The van der Waals surface area contributed by atoms with Gasteiger partial charge in [0.15, 0.2) is 0 Å². The van der Waals surface area contributed by atoms with Gasteiger partial charge in [-0.05, 0) is 78.0 Å². The van der Waals surface area contributed by atoms with Crippen molar-refractivity contribution in [2.75, 3.05) is 32.5 Å². The molecule has 0 radical (unpaired) electrons. The van der Waals surface area contributed by atoms with Crippen molar-refractivity contribution in [2.24, 2.45) is 5.73 Å². The van der Waals surface area contributed by atoms with E-state index in [0.29, 0.717) is 24.1 Å². The lowest BCUT2D eigenvalue weighted by atomic mass is 9.96. The van der Waals surface area contributed by atoms with Crippen LogP contribution in [-0.2, 0) is 6.42 Å². The topological polar surface area (TPSA) is 96.2 Å². The maximum atomic E-state index is 12.8. The first-order valence-electron chi connectivity index (χ1n) is 11.7. The molecule has 0 aliphatic rings. The van der Waals surface area contributed by atoms with Crippen LogP contribution in [0.3, 0.4) is 0 Å². The number of nitrogens with zero attached hydrogens (tertiary/aromatic N) is 2. The lowest BCUT2D eigenvalue weighted by Gasteiger charge is -2.15. The van der Waals surface area contributed by atoms with Gasteiger partial charge in [0.2, 0.25) is 0 Å². The Morgan fingerprint density at radius 2 is 1.88 bits per heavy atom. The molecular formula is C27H37N5O2. The number of anilines is 1. The number of benzene rings is 1. The summed E-state index contributed by atoms with van der Waals surface area (Å²) < 4.78 is 2.15. The van der Waals surface area contributed by atoms with Gasteiger partial charge in [-0.25, -0.2) is 0 Å². The van der Waals surface area contributed by atoms with Crippen molar-refractivity contribution in [3.05, 3.63) is 74.3 Å². The number of aromatic amines is 1. The molecule has 182 valence electrons. The molecule has 0 spiro atoms. The van der Waals surface area contributed by atoms with Crippen LogP contribution < -0.4 is 16.6 Å². The van der Waals surface area contributed by atoms with Crippen molar-refractivity contribution in [3.63, 3.8) is 0 Å². The average Bonchev–Trinajstić information content (AvgIpc) is 3.02. The van der Waals surface area contributed by atoms with Gasteiger partial charge in [-0.1, -0.05) is 12.2 Å². The zero-order valence-electron chi connectivity index (χ0n) is 21.4. The third-order valence-corrected chi connectivity index (χ3v) is 6.12. The number of fused-ring (bicyclic) bond motifs is 1. The molecule has 1 amide bonds. The third kappa shape index (κ3) is 5.25. The second-order valence-corrected chi connectivity index (χ2v) is 9.55. The third-order valence-electron chi connectivity index (χ3n) is 6.12. The number of nitrogens with one attached hydrogen (secondary N) is 2. The molecule has 2 aromatic heterocycles. The molecule has 0 unspecified atom stereocenters. The van der Waals surface area contributed by atoms with E-state index in [1.165, 1.54) is 0 Å². The highest BCUT2D eigenvalue weighted by atomic mass is 16.1. The van der Waals surface area contributed by atoms with E-state index in [0.717, 1.165) is 45.6 Å². The van der Waals surface area contributed by atoms with Crippen molar-refractivity contribution in [2.45, 2.75) is 47.1 Å². The molecule has 0 aliphatic carbocycles. The number of pyridine rings is 1. The van der Waals surface area contributed by atoms with Gasteiger partial charge < -0.3 is 25.5 Å². The van der Waals surface area contributed by atoms with E-state index >= 15 is 0 Å². The Morgan fingerprint density at radius 1 is 1.18 bits per heavy atom. The molecule has 0 atom stereocenters. The molecule has 1 aromatic carbocycles. The van der Waals surface area contributed by atoms with Gasteiger partial charge in [-0.15, -0.1) is 0 Å². The second kappa shape index (κ2) is 10.3. The van der Waals surface area contributed by atoms with Crippen molar-refractivity contribution in [1.82, 2.24) is 14.5 Å². The number of amides is 1. The van der Waals surface area contributed by atoms with Crippen LogP contribution in [0.1, 0.15) is 58.3 Å². The Morgan fingerprint density at radius 3 is 2.47 bits per heavy atom. The van der Waals surface area contributed by atoms with Crippen molar-refractivity contribution in [1.29, 1.82) is 0 Å². The molecule has 34 heavy (non-hydrogen) atoms. The largest absolute Gasteiger partial charge is 0.382 e. The van der Waals surface area contributed by atoms with Gasteiger partial charge in [0.05, 0.1) is 11.1 Å². The smallest absolute Gasteiger partial charge is 0.251 e. The van der Waals surface area contributed by atoms with E-state index in [2.05, 4.69) is 51.8 Å². The minimum atomic E-state index is -0.454. The average molecular weight is 464 g/mol. The van der Waals surface area contributed by atoms with E-state index in [1.807, 2.05) is 47.0 Å². The van der Waals surface area contributed by atoms with Gasteiger partial charge in [0.1, 0.15) is 0 Å². The lowest BCUT2D eigenvalue weighted by Crippen LogP contribution is -2.17. The Kier molecular flexibility index (Phi) is 7.67. The number of carbonyl (C=O) groups is 1. The van der Waals surface area contributed by atoms with E-state index in [1.54, 1.807) is 0 Å². The first-order chi connectivity index (χ1) is 16.0. The number of carbonyl (C=O) groups excluding carboxylic acids is 1. The highest BCUT2D eigenvalue weighted by Crippen LogP contribution is 2.35. The van der Waals surface area contributed by atoms with Crippen LogP contribution in [0.5, 0.6) is 0 Å². The maximum Gasteiger partial charge on any atom is 0.251 e. The minimum absolute atomic E-state index is 0.101. The summed E-state index contributed by atoms with van der Waals surface area (Å²) in [5, 5.41) is 4.30. The number of aryl methyl sites for hydroxylation is 2. The maximum absolute atomic E-state index is 12.8. The zero-order chi connectivity index (χ0) is 25.2. The fraction of sp³-hybridized carbons (Fsp3) is 0.407. The van der Waals surface area contributed by atoms with Gasteiger partial charge in [-0.2, -0.15) is 0 Å². The summed E-state index contributed by atoms with van der Waals surface area (Å²) >= 11 is 0. The molecule has 0 fully saturated rings. The van der Waals surface area contributed by atoms with Crippen LogP contribution in [0.4, 0.5) is 5.69 Å². The molecule has 2 heterocycles. The van der Waals surface area contributed by atoms with E-state index in [4.69, 9.17) is 5.73 Å². The SMILES string of the molecule is Cc1cc(C)c(Cc2cc(NCC=CCN(C)C)cc3c2c(C(N)=O)c(C)n3C(C)C)c(=O)[nH]1. The van der Waals surface area contributed by atoms with Crippen LogP contribution in [0.25, 0.3) is 10.9 Å². The summed E-state index contributed by atoms with van der Waals surface area (Å²) in [6.07, 6.45) is 4.62. The van der Waals surface area contributed by atoms with E-state index < -0.39 is 5.91 Å². The zero-order valence-corrected chi connectivity index (χ0v) is 21.4. The number of rotatable bonds is 9. The summed E-state index contributed by atoms with van der Waals surface area (Å²) in [6.45, 7) is 11.5. The molecule has 0 bridgehead atoms. The lowest BCUT2D eigenvalue weighted by molar-refractivity contribution is 0.100. The standard InChI is InChI=1S/C27H37N5O2/c1-16(2)32-19(5)24(26(28)33)25-20(14-22-17(3)12-18(4)30-27(22)34)13-21(15-23(25)32)29-10-8-9-11-31(6)7/h8-9,12-13,15-16,29H,10-11,14H2,1-7H3,(H2,28,33)(H,30,34). The Hall–Kier alpha value is -3.32. The monoisotopic (exact) mass is 463 g/mol. The van der Waals surface area contributed by atoms with Gasteiger partial charge in [0.25, 0.3) is 11.5 Å². The van der Waals surface area contributed by atoms with E-state index in [9.17, 15) is 9.59 Å². The first kappa shape index (κ1) is 25.3. The first-order valence-corrected chi connectivity index (χ1v) is 11.7. The number of primary amides is 1. The number of hydrogen-bond donors (Lipinski definition) is 3. The summed E-state index contributed by atoms with van der Waals surface area (Å²) in [4.78, 5) is 30.4. The number of H-pyrrole nitrogens is 1. The van der Waals surface area contributed by atoms with Crippen molar-refractivity contribution < 1.29 is 4.79 Å². The summed E-state index contributed by atoms with van der Waals surface area (Å²) in [5.74, 6) is -0.454. The number of nitrogens with two attached hydrogens (primary N) is 1. The van der Waals surface area contributed by atoms with Gasteiger partial charge in [0, 0.05) is 53.6 Å². The number of likely N-dealkylation sites (N-methyl/N-ethyl adjacent to an activating group) is 1. The minimum Gasteiger partial charge on any atom is -0.382 e. The van der Waals surface area contributed by atoms with Crippen LogP contribution in [0, 0.1) is 20.8 Å². The van der Waals surface area contributed by atoms with E-state index in [-0.39, 0.29) is 11.6 Å². The number of aromatic nitrogens is 2. The summed E-state index contributed by atoms with van der Waals surface area (Å²) in [7, 11) is 4.07. The Bertz CT molecular complexity index is 1290. The molecular weight excluding hydrogens is 426 g/mol. The Labute approximate surface area is 201 Å². The highest BCUT2D eigenvalue weighted by Gasteiger charge is 2.23. The van der Waals surface area contributed by atoms with Crippen molar-refractivity contribution in [3.8, 4) is 0 Å². The number of hydrogen-bond acceptors (Lipinski definition) is 4. The van der Waals surface area contributed by atoms with Gasteiger partial charge >= 0.3 is 0 Å². The van der Waals surface area contributed by atoms with Crippen LogP contribution in [-0.4, -0.2) is 47.5 Å². The predicted molar refractivity (Wildman–Crippen MR) is 141 cm³/mol. The summed E-state index contributed by atoms with van der Waals surface area (Å²) in [6, 6.07) is 6.23. The fourth-order valence-corrected chi connectivity index (χ4v) is 4.69. The van der Waals surface area contributed by atoms with Crippen LogP contribution >= 0.6 is 0 Å². The second-order valence-electron chi connectivity index (χ2n) is 9.55. The normalized spacial score (nSPS) is 11.9. The molecule has 0 saturated heterocycles. The van der Waals surface area contributed by atoms with Gasteiger partial charge in [-0.3, -0.25) is 9.59 Å². The summed E-state index contributed by atoms with van der Waals surface area (Å²) in [5.41, 5.74) is 12.4.